The van der Waals surface area contributed by atoms with E-state index in [-0.39, 0.29) is 65.7 Å². The molecule has 0 aromatic rings. The Labute approximate surface area is 226 Å². The fourth-order valence-electron chi connectivity index (χ4n) is 3.30. The van der Waals surface area contributed by atoms with Crippen molar-refractivity contribution >= 4 is 11.9 Å². The summed E-state index contributed by atoms with van der Waals surface area (Å²) in [7, 11) is 0. The van der Waals surface area contributed by atoms with Crippen LogP contribution in [-0.2, 0) is 57.0 Å². The average molecular weight is 556 g/mol. The minimum Gasteiger partial charge on any atom is -0.404 e. The lowest BCUT2D eigenvalue weighted by molar-refractivity contribution is -0.439. The Hall–Kier alpha value is -1.42. The van der Waals surface area contributed by atoms with E-state index in [1.165, 1.54) is 0 Å². The maximum absolute atomic E-state index is 12.9. The van der Waals surface area contributed by atoms with Crippen LogP contribution >= 0.6 is 0 Å². The molecule has 0 spiro atoms. The van der Waals surface area contributed by atoms with Gasteiger partial charge in [-0.25, -0.2) is 0 Å². The summed E-state index contributed by atoms with van der Waals surface area (Å²) in [6.45, 7) is 15.4. The van der Waals surface area contributed by atoms with Crippen molar-refractivity contribution < 1.29 is 57.0 Å². The SMILES string of the molecule is CCOC(OCC)C(OCC)(OCC)OC(=O)CC[C@H](N)C(=O)OC(OCC)(OCC)C(OCC)OCC. The number of carbonyl (C=O) groups is 2. The summed E-state index contributed by atoms with van der Waals surface area (Å²) < 4.78 is 56.1. The zero-order valence-corrected chi connectivity index (χ0v) is 24.3. The second kappa shape index (κ2) is 20.5. The van der Waals surface area contributed by atoms with Gasteiger partial charge < -0.3 is 53.1 Å². The van der Waals surface area contributed by atoms with Crippen LogP contribution in [0.3, 0.4) is 0 Å². The molecule has 38 heavy (non-hydrogen) atoms. The minimum absolute atomic E-state index is 0.123. The summed E-state index contributed by atoms with van der Waals surface area (Å²) in [5, 5.41) is 0. The Bertz CT molecular complexity index is 611. The number of hydrogen-bond donors (Lipinski definition) is 1. The second-order valence-corrected chi connectivity index (χ2v) is 7.46. The number of ether oxygens (including phenoxy) is 10. The molecular formula is C25H49NO12. The number of nitrogens with two attached hydrogens (primary N) is 1. The first-order valence-electron chi connectivity index (χ1n) is 13.4. The predicted octanol–water partition coefficient (Wildman–Crippen LogP) is 2.43. The summed E-state index contributed by atoms with van der Waals surface area (Å²) in [6, 6.07) is -1.23. The largest absolute Gasteiger partial charge is 0.404 e. The van der Waals surface area contributed by atoms with Gasteiger partial charge in [0, 0.05) is 32.8 Å². The van der Waals surface area contributed by atoms with Gasteiger partial charge in [0.2, 0.25) is 0 Å². The Kier molecular flexibility index (Phi) is 19.7. The van der Waals surface area contributed by atoms with E-state index in [1.807, 2.05) is 0 Å². The van der Waals surface area contributed by atoms with Crippen LogP contribution < -0.4 is 5.73 Å². The Balaban J connectivity index is 5.58. The summed E-state index contributed by atoms with van der Waals surface area (Å²) >= 11 is 0. The molecule has 0 saturated carbocycles. The molecule has 0 unspecified atom stereocenters. The van der Waals surface area contributed by atoms with Crippen LogP contribution in [0.4, 0.5) is 0 Å². The lowest BCUT2D eigenvalue weighted by atomic mass is 10.2. The first-order chi connectivity index (χ1) is 18.2. The molecule has 0 fully saturated rings. The first kappa shape index (κ1) is 36.6. The average Bonchev–Trinajstić information content (AvgIpc) is 2.87. The van der Waals surface area contributed by atoms with Gasteiger partial charge in [-0.05, 0) is 61.8 Å². The molecule has 13 heteroatoms. The third-order valence-corrected chi connectivity index (χ3v) is 4.69. The second-order valence-electron chi connectivity index (χ2n) is 7.46. The quantitative estimate of drug-likeness (QED) is 0.137. The maximum Gasteiger partial charge on any atom is 0.383 e. The van der Waals surface area contributed by atoms with Crippen LogP contribution in [-0.4, -0.2) is 95.4 Å². The molecule has 226 valence electrons. The molecule has 13 nitrogen and oxygen atoms in total. The van der Waals surface area contributed by atoms with Gasteiger partial charge in [-0.3, -0.25) is 9.59 Å². The van der Waals surface area contributed by atoms with Gasteiger partial charge in [0.15, 0.2) is 0 Å². The molecule has 0 aromatic heterocycles. The van der Waals surface area contributed by atoms with Crippen molar-refractivity contribution in [1.29, 1.82) is 0 Å². The molecule has 0 rings (SSSR count). The number of hydrogen-bond acceptors (Lipinski definition) is 13. The van der Waals surface area contributed by atoms with E-state index in [0.29, 0.717) is 0 Å². The number of esters is 2. The van der Waals surface area contributed by atoms with Crippen LogP contribution in [0.25, 0.3) is 0 Å². The fraction of sp³-hybridized carbons (Fsp3) is 0.920. The van der Waals surface area contributed by atoms with E-state index in [1.54, 1.807) is 55.4 Å². The standard InChI is InChI=1S/C25H49NO12/c1-9-29-22(30-10-2)24(33-13-5,34-14-6)37-20(27)18-17-19(26)21(28)38-25(35-15-7,36-16-8)23(31-11-3)32-12-4/h19,22-23H,9-18,26H2,1-8H3/t19-/m0/s1. The lowest BCUT2D eigenvalue weighted by Gasteiger charge is -2.37. The van der Waals surface area contributed by atoms with Gasteiger partial charge in [0.1, 0.15) is 6.04 Å². The van der Waals surface area contributed by atoms with E-state index in [0.717, 1.165) is 0 Å². The van der Waals surface area contributed by atoms with Crippen LogP contribution in [0.5, 0.6) is 0 Å². The number of carbonyl (C=O) groups excluding carboxylic acids is 2. The van der Waals surface area contributed by atoms with Crippen LogP contribution in [0.2, 0.25) is 0 Å². The topological polar surface area (TPSA) is 152 Å². The zero-order chi connectivity index (χ0) is 29.0. The third-order valence-electron chi connectivity index (χ3n) is 4.69. The molecule has 0 radical (unpaired) electrons. The normalized spacial score (nSPS) is 13.2. The van der Waals surface area contributed by atoms with Gasteiger partial charge in [0.05, 0.1) is 26.4 Å². The van der Waals surface area contributed by atoms with E-state index in [9.17, 15) is 9.59 Å². The first-order valence-corrected chi connectivity index (χ1v) is 13.4. The fourth-order valence-corrected chi connectivity index (χ4v) is 3.30. The third kappa shape index (κ3) is 11.8. The lowest BCUT2D eigenvalue weighted by Crippen LogP contribution is -2.55. The predicted molar refractivity (Wildman–Crippen MR) is 135 cm³/mol. The van der Waals surface area contributed by atoms with Crippen LogP contribution in [0, 0.1) is 0 Å². The molecule has 0 aliphatic carbocycles. The Morgan fingerprint density at radius 1 is 0.579 bits per heavy atom. The van der Waals surface area contributed by atoms with Crippen molar-refractivity contribution in [2.75, 3.05) is 52.9 Å². The van der Waals surface area contributed by atoms with Crippen molar-refractivity contribution in [3.8, 4) is 0 Å². The van der Waals surface area contributed by atoms with E-state index in [2.05, 4.69) is 0 Å². The molecule has 0 aromatic carbocycles. The molecule has 0 aliphatic rings. The highest BCUT2D eigenvalue weighted by Gasteiger charge is 2.49. The van der Waals surface area contributed by atoms with E-state index < -0.39 is 42.5 Å². The van der Waals surface area contributed by atoms with Crippen molar-refractivity contribution in [2.45, 2.75) is 98.8 Å². The highest BCUT2D eigenvalue weighted by molar-refractivity contribution is 5.77. The van der Waals surface area contributed by atoms with Crippen molar-refractivity contribution in [3.05, 3.63) is 0 Å². The summed E-state index contributed by atoms with van der Waals surface area (Å²) in [5.41, 5.74) is 6.06. The Morgan fingerprint density at radius 2 is 0.921 bits per heavy atom. The molecule has 0 saturated heterocycles. The van der Waals surface area contributed by atoms with E-state index in [4.69, 9.17) is 53.1 Å². The molecule has 0 aliphatic heterocycles. The molecule has 2 N–H and O–H groups in total. The van der Waals surface area contributed by atoms with E-state index >= 15 is 0 Å². The molecule has 1 atom stereocenters. The van der Waals surface area contributed by atoms with Gasteiger partial charge in [-0.1, -0.05) is 0 Å². The number of rotatable bonds is 24. The summed E-state index contributed by atoms with van der Waals surface area (Å²) in [6.07, 6.45) is -2.68. The van der Waals surface area contributed by atoms with Crippen LogP contribution in [0.1, 0.15) is 68.2 Å². The maximum atomic E-state index is 12.9. The molecule has 0 heterocycles. The van der Waals surface area contributed by atoms with Crippen LogP contribution in [0.15, 0.2) is 0 Å². The Morgan fingerprint density at radius 3 is 1.24 bits per heavy atom. The smallest absolute Gasteiger partial charge is 0.383 e. The summed E-state index contributed by atoms with van der Waals surface area (Å²) in [4.78, 5) is 25.8. The minimum atomic E-state index is -1.98. The highest BCUT2D eigenvalue weighted by Crippen LogP contribution is 2.27. The van der Waals surface area contributed by atoms with Gasteiger partial charge in [0.25, 0.3) is 12.6 Å². The van der Waals surface area contributed by atoms with Crippen molar-refractivity contribution in [3.63, 3.8) is 0 Å². The molecular weight excluding hydrogens is 506 g/mol. The van der Waals surface area contributed by atoms with Gasteiger partial charge >= 0.3 is 23.9 Å². The molecule has 0 bridgehead atoms. The molecule has 0 amide bonds. The van der Waals surface area contributed by atoms with Crippen molar-refractivity contribution in [1.82, 2.24) is 0 Å². The van der Waals surface area contributed by atoms with Gasteiger partial charge in [-0.15, -0.1) is 0 Å². The van der Waals surface area contributed by atoms with Crippen molar-refractivity contribution in [2.24, 2.45) is 5.73 Å². The highest BCUT2D eigenvalue weighted by atomic mass is 16.9. The summed E-state index contributed by atoms with van der Waals surface area (Å²) in [5.74, 6) is -5.54. The monoisotopic (exact) mass is 555 g/mol. The van der Waals surface area contributed by atoms with Gasteiger partial charge in [-0.2, -0.15) is 0 Å². The zero-order valence-electron chi connectivity index (χ0n) is 24.3.